The third kappa shape index (κ3) is 4.25. The van der Waals surface area contributed by atoms with Crippen molar-refractivity contribution in [3.05, 3.63) is 29.8 Å². The van der Waals surface area contributed by atoms with Crippen LogP contribution in [0.1, 0.15) is 38.7 Å². The Morgan fingerprint density at radius 1 is 1.46 bits per heavy atom. The van der Waals surface area contributed by atoms with Crippen LogP contribution in [0.4, 0.5) is 5.69 Å². The smallest absolute Gasteiger partial charge is 0.234 e. The summed E-state index contributed by atoms with van der Waals surface area (Å²) in [6, 6.07) is 9.08. The van der Waals surface area contributed by atoms with Crippen LogP contribution in [0.3, 0.4) is 0 Å². The largest absolute Gasteiger partial charge is 0.381 e. The van der Waals surface area contributed by atoms with Crippen LogP contribution in [0.15, 0.2) is 24.3 Å². The highest BCUT2D eigenvalue weighted by molar-refractivity contribution is 8.00. The van der Waals surface area contributed by atoms with E-state index in [4.69, 9.17) is 5.73 Å². The van der Waals surface area contributed by atoms with Crippen molar-refractivity contribution in [3.63, 3.8) is 0 Å². The molecule has 2 fully saturated rings. The average Bonchev–Trinajstić information content (AvgIpc) is 3.17. The maximum absolute atomic E-state index is 11.6. The molecule has 132 valence electrons. The molecule has 2 aliphatic heterocycles. The lowest BCUT2D eigenvalue weighted by atomic mass is 10.0. The van der Waals surface area contributed by atoms with Gasteiger partial charge in [0.25, 0.3) is 0 Å². The van der Waals surface area contributed by atoms with Crippen LogP contribution in [0.25, 0.3) is 0 Å². The number of hydrogen-bond acceptors (Lipinski definition) is 4. The summed E-state index contributed by atoms with van der Waals surface area (Å²) < 4.78 is 0. The Morgan fingerprint density at radius 2 is 2.29 bits per heavy atom. The van der Waals surface area contributed by atoms with Crippen molar-refractivity contribution in [2.45, 2.75) is 57.0 Å². The van der Waals surface area contributed by atoms with Gasteiger partial charge in [0, 0.05) is 29.3 Å². The van der Waals surface area contributed by atoms with Crippen LogP contribution >= 0.6 is 11.8 Å². The second kappa shape index (κ2) is 7.79. The predicted molar refractivity (Wildman–Crippen MR) is 102 cm³/mol. The van der Waals surface area contributed by atoms with Crippen LogP contribution in [-0.4, -0.2) is 40.4 Å². The Kier molecular flexibility index (Phi) is 5.72. The highest BCUT2D eigenvalue weighted by Gasteiger charge is 2.29. The van der Waals surface area contributed by atoms with Gasteiger partial charge in [0.05, 0.1) is 6.04 Å². The Labute approximate surface area is 149 Å². The van der Waals surface area contributed by atoms with Gasteiger partial charge in [0.1, 0.15) is 0 Å². The van der Waals surface area contributed by atoms with Crippen molar-refractivity contribution >= 4 is 23.4 Å². The molecule has 0 spiro atoms. The summed E-state index contributed by atoms with van der Waals surface area (Å²) in [5, 5.41) is 4.46. The first-order valence-corrected chi connectivity index (χ1v) is 10.1. The van der Waals surface area contributed by atoms with Crippen LogP contribution in [0.5, 0.6) is 0 Å². The van der Waals surface area contributed by atoms with Crippen molar-refractivity contribution in [3.8, 4) is 0 Å². The molecule has 3 atom stereocenters. The number of nitrogens with zero attached hydrogens (tertiary/aromatic N) is 1. The first kappa shape index (κ1) is 17.6. The van der Waals surface area contributed by atoms with Crippen molar-refractivity contribution in [2.24, 2.45) is 11.7 Å². The molecule has 0 saturated carbocycles. The SMILES string of the molecule is CC(C)[C@@H]1C[C@@H](Nc2cccc(CN3CCC[C@H]3C(N)=O)c2)CS1. The minimum Gasteiger partial charge on any atom is -0.381 e. The standard InChI is InChI=1S/C19H29N3OS/c1-13(2)18-10-16(12-24-18)21-15-6-3-5-14(9-15)11-22-8-4-7-17(22)19(20)23/h3,5-6,9,13,16-18,21H,4,7-8,10-12H2,1-2H3,(H2,20,23)/t16-,17+,18+/m1/s1. The van der Waals surface area contributed by atoms with E-state index in [-0.39, 0.29) is 11.9 Å². The van der Waals surface area contributed by atoms with Gasteiger partial charge in [-0.15, -0.1) is 0 Å². The normalized spacial score (nSPS) is 27.7. The van der Waals surface area contributed by atoms with E-state index in [0.29, 0.717) is 6.04 Å². The summed E-state index contributed by atoms with van der Waals surface area (Å²) in [5.74, 6) is 1.74. The highest BCUT2D eigenvalue weighted by atomic mass is 32.2. The Bertz CT molecular complexity index is 577. The highest BCUT2D eigenvalue weighted by Crippen LogP contribution is 2.33. The second-order valence-corrected chi connectivity index (χ2v) is 8.70. The fraction of sp³-hybridized carbons (Fsp3) is 0.632. The number of likely N-dealkylation sites (tertiary alicyclic amines) is 1. The minimum absolute atomic E-state index is 0.0975. The lowest BCUT2D eigenvalue weighted by Crippen LogP contribution is -2.39. The third-order valence-corrected chi connectivity index (χ3v) is 6.91. The summed E-state index contributed by atoms with van der Waals surface area (Å²) in [6.07, 6.45) is 3.19. The number of nitrogens with one attached hydrogen (secondary N) is 1. The van der Waals surface area contributed by atoms with Crippen molar-refractivity contribution < 1.29 is 4.79 Å². The zero-order chi connectivity index (χ0) is 17.1. The molecule has 2 heterocycles. The van der Waals surface area contributed by atoms with E-state index in [1.54, 1.807) is 0 Å². The molecular formula is C19H29N3OS. The van der Waals surface area contributed by atoms with E-state index in [9.17, 15) is 4.79 Å². The Hall–Kier alpha value is -1.20. The molecule has 0 bridgehead atoms. The molecule has 24 heavy (non-hydrogen) atoms. The molecule has 1 amide bonds. The Morgan fingerprint density at radius 3 is 3.00 bits per heavy atom. The fourth-order valence-corrected chi connectivity index (χ4v) is 5.24. The molecule has 3 rings (SSSR count). The van der Waals surface area contributed by atoms with E-state index in [0.717, 1.165) is 37.1 Å². The maximum Gasteiger partial charge on any atom is 0.234 e. The second-order valence-electron chi connectivity index (χ2n) is 7.42. The molecule has 4 nitrogen and oxygen atoms in total. The molecule has 1 aromatic carbocycles. The number of carbonyl (C=O) groups excluding carboxylic acids is 1. The molecule has 5 heteroatoms. The molecule has 0 unspecified atom stereocenters. The van der Waals surface area contributed by atoms with E-state index < -0.39 is 0 Å². The van der Waals surface area contributed by atoms with E-state index in [1.165, 1.54) is 23.4 Å². The van der Waals surface area contributed by atoms with Gasteiger partial charge < -0.3 is 11.1 Å². The lowest BCUT2D eigenvalue weighted by molar-refractivity contribution is -0.122. The summed E-state index contributed by atoms with van der Waals surface area (Å²) >= 11 is 2.09. The maximum atomic E-state index is 11.6. The van der Waals surface area contributed by atoms with Gasteiger partial charge in [-0.3, -0.25) is 9.69 Å². The number of carbonyl (C=O) groups is 1. The van der Waals surface area contributed by atoms with Gasteiger partial charge in [-0.05, 0) is 49.4 Å². The number of rotatable bonds is 6. The lowest BCUT2D eigenvalue weighted by Gasteiger charge is -2.22. The number of nitrogens with two attached hydrogens (primary N) is 1. The van der Waals surface area contributed by atoms with Gasteiger partial charge in [0.15, 0.2) is 0 Å². The summed E-state index contributed by atoms with van der Waals surface area (Å²) in [4.78, 5) is 13.8. The van der Waals surface area contributed by atoms with Gasteiger partial charge >= 0.3 is 0 Å². The van der Waals surface area contributed by atoms with E-state index in [1.807, 2.05) is 0 Å². The van der Waals surface area contributed by atoms with Crippen molar-refractivity contribution in [1.29, 1.82) is 0 Å². The van der Waals surface area contributed by atoms with Crippen LogP contribution < -0.4 is 11.1 Å². The molecule has 2 aliphatic rings. The van der Waals surface area contributed by atoms with Crippen LogP contribution in [-0.2, 0) is 11.3 Å². The monoisotopic (exact) mass is 347 g/mol. The van der Waals surface area contributed by atoms with Crippen LogP contribution in [0, 0.1) is 5.92 Å². The van der Waals surface area contributed by atoms with Crippen LogP contribution in [0.2, 0.25) is 0 Å². The van der Waals surface area contributed by atoms with E-state index >= 15 is 0 Å². The first-order chi connectivity index (χ1) is 11.5. The van der Waals surface area contributed by atoms with E-state index in [2.05, 4.69) is 60.1 Å². The van der Waals surface area contributed by atoms with Gasteiger partial charge in [-0.1, -0.05) is 26.0 Å². The number of anilines is 1. The average molecular weight is 348 g/mol. The number of hydrogen-bond donors (Lipinski definition) is 2. The molecule has 3 N–H and O–H groups in total. The molecular weight excluding hydrogens is 318 g/mol. The zero-order valence-electron chi connectivity index (χ0n) is 14.7. The van der Waals surface area contributed by atoms with Gasteiger partial charge in [-0.2, -0.15) is 11.8 Å². The third-order valence-electron chi connectivity index (χ3n) is 5.15. The summed E-state index contributed by atoms with van der Waals surface area (Å²) in [7, 11) is 0. The Balaban J connectivity index is 1.59. The van der Waals surface area contributed by atoms with Gasteiger partial charge in [-0.25, -0.2) is 0 Å². The summed E-state index contributed by atoms with van der Waals surface area (Å²) in [6.45, 7) is 6.38. The number of amides is 1. The molecule has 0 radical (unpaired) electrons. The fourth-order valence-electron chi connectivity index (χ4n) is 3.79. The van der Waals surface area contributed by atoms with Crippen molar-refractivity contribution in [1.82, 2.24) is 4.90 Å². The molecule has 1 aromatic rings. The summed E-state index contributed by atoms with van der Waals surface area (Å²) in [5.41, 5.74) is 7.96. The molecule has 0 aliphatic carbocycles. The predicted octanol–water partition coefficient (Wildman–Crippen LogP) is 3.08. The quantitative estimate of drug-likeness (QED) is 0.830. The molecule has 2 saturated heterocycles. The molecule has 0 aromatic heterocycles. The minimum atomic E-state index is -0.190. The van der Waals surface area contributed by atoms with Gasteiger partial charge in [0.2, 0.25) is 5.91 Å². The zero-order valence-corrected chi connectivity index (χ0v) is 15.5. The number of primary amides is 1. The van der Waals surface area contributed by atoms with Crippen molar-refractivity contribution in [2.75, 3.05) is 17.6 Å². The topological polar surface area (TPSA) is 58.4 Å². The number of thioether (sulfide) groups is 1. The number of benzene rings is 1. The first-order valence-electron chi connectivity index (χ1n) is 9.03.